The number of hydrogen-bond donors (Lipinski definition) is 1. The number of amides is 1. The van der Waals surface area contributed by atoms with Crippen LogP contribution in [-0.4, -0.2) is 22.9 Å². The number of carbonyl (C=O) groups is 1. The molecule has 0 bridgehead atoms. The van der Waals surface area contributed by atoms with Crippen LogP contribution in [0.4, 0.5) is 10.8 Å². The van der Waals surface area contributed by atoms with Crippen LogP contribution in [0.15, 0.2) is 72.8 Å². The van der Waals surface area contributed by atoms with Crippen LogP contribution in [0.2, 0.25) is 0 Å². The molecule has 0 radical (unpaired) electrons. The zero-order valence-electron chi connectivity index (χ0n) is 17.6. The number of anilines is 1. The smallest absolute Gasteiger partial charge is 0.270 e. The second kappa shape index (κ2) is 9.92. The third-order valence-electron chi connectivity index (χ3n) is 4.66. The summed E-state index contributed by atoms with van der Waals surface area (Å²) in [4.78, 5) is 27.1. The number of nitrogens with one attached hydrogen (secondary N) is 1. The highest BCUT2D eigenvalue weighted by atomic mass is 32.1. The van der Waals surface area contributed by atoms with Gasteiger partial charge in [0.2, 0.25) is 5.91 Å². The minimum atomic E-state index is -0.466. The van der Waals surface area contributed by atoms with Crippen molar-refractivity contribution in [3.8, 4) is 11.5 Å². The van der Waals surface area contributed by atoms with Crippen molar-refractivity contribution in [2.75, 3.05) is 12.4 Å². The first-order chi connectivity index (χ1) is 16.0. The summed E-state index contributed by atoms with van der Waals surface area (Å²) in [6.45, 7) is 0.417. The summed E-state index contributed by atoms with van der Waals surface area (Å²) in [7, 11) is 1.56. The maximum atomic E-state index is 12.3. The largest absolute Gasteiger partial charge is 0.493 e. The zero-order chi connectivity index (χ0) is 23.2. The van der Waals surface area contributed by atoms with Crippen molar-refractivity contribution in [2.24, 2.45) is 0 Å². The van der Waals surface area contributed by atoms with Gasteiger partial charge >= 0.3 is 0 Å². The van der Waals surface area contributed by atoms with Gasteiger partial charge in [-0.3, -0.25) is 20.2 Å². The quantitative estimate of drug-likeness (QED) is 0.213. The highest BCUT2D eigenvalue weighted by molar-refractivity contribution is 7.22. The van der Waals surface area contributed by atoms with E-state index >= 15 is 0 Å². The molecule has 33 heavy (non-hydrogen) atoms. The predicted molar refractivity (Wildman–Crippen MR) is 128 cm³/mol. The minimum Gasteiger partial charge on any atom is -0.493 e. The Morgan fingerprint density at radius 2 is 1.94 bits per heavy atom. The van der Waals surface area contributed by atoms with Crippen molar-refractivity contribution >= 4 is 44.4 Å². The molecule has 0 aliphatic rings. The molecular weight excluding hydrogens is 442 g/mol. The molecule has 0 fully saturated rings. The number of hydrogen-bond acceptors (Lipinski definition) is 7. The standard InChI is InChI=1S/C24H19N3O5S/c1-31-21-13-16(7-11-20(21)32-15-17-5-3-2-4-6-17)8-12-23(28)26-24-25-19-10-9-18(27(29)30)14-22(19)33-24/h2-14H,15H2,1H3,(H,25,26,28)/b12-8+. The molecule has 0 spiro atoms. The number of benzene rings is 3. The summed E-state index contributed by atoms with van der Waals surface area (Å²) in [5.41, 5.74) is 2.37. The number of rotatable bonds is 8. The minimum absolute atomic E-state index is 0.0194. The Morgan fingerprint density at radius 3 is 2.70 bits per heavy atom. The highest BCUT2D eigenvalue weighted by Gasteiger charge is 2.11. The van der Waals surface area contributed by atoms with Gasteiger partial charge in [-0.15, -0.1) is 0 Å². The number of thiazole rings is 1. The predicted octanol–water partition coefficient (Wildman–Crippen LogP) is 5.44. The van der Waals surface area contributed by atoms with Gasteiger partial charge in [0, 0.05) is 18.2 Å². The van der Waals surface area contributed by atoms with E-state index in [9.17, 15) is 14.9 Å². The fourth-order valence-corrected chi connectivity index (χ4v) is 3.94. The van der Waals surface area contributed by atoms with Crippen LogP contribution in [0.3, 0.4) is 0 Å². The summed E-state index contributed by atoms with van der Waals surface area (Å²) in [6.07, 6.45) is 3.03. The third-order valence-corrected chi connectivity index (χ3v) is 5.60. The molecule has 0 aliphatic carbocycles. The van der Waals surface area contributed by atoms with Gasteiger partial charge in [-0.05, 0) is 35.4 Å². The number of ether oxygens (including phenoxy) is 2. The SMILES string of the molecule is COc1cc(/C=C/C(=O)Nc2nc3ccc([N+](=O)[O-])cc3s2)ccc1OCc1ccccc1. The van der Waals surface area contributed by atoms with Crippen molar-refractivity contribution < 1.29 is 19.2 Å². The first-order valence-corrected chi connectivity index (χ1v) is 10.7. The molecule has 0 aliphatic heterocycles. The molecule has 4 rings (SSSR count). The van der Waals surface area contributed by atoms with Gasteiger partial charge in [-0.2, -0.15) is 0 Å². The summed E-state index contributed by atoms with van der Waals surface area (Å²) in [6, 6.07) is 19.6. The van der Waals surface area contributed by atoms with E-state index in [4.69, 9.17) is 9.47 Å². The van der Waals surface area contributed by atoms with Crippen molar-refractivity contribution in [3.05, 3.63) is 94.0 Å². The fourth-order valence-electron chi connectivity index (χ4n) is 3.04. The summed E-state index contributed by atoms with van der Waals surface area (Å²) >= 11 is 1.17. The number of non-ortho nitro benzene ring substituents is 1. The van der Waals surface area contributed by atoms with Crippen molar-refractivity contribution in [1.29, 1.82) is 0 Å². The Bertz CT molecular complexity index is 1330. The Kier molecular flexibility index (Phi) is 6.61. The highest BCUT2D eigenvalue weighted by Crippen LogP contribution is 2.30. The molecule has 1 aromatic heterocycles. The molecule has 4 aromatic rings. The molecular formula is C24H19N3O5S. The summed E-state index contributed by atoms with van der Waals surface area (Å²) in [5, 5.41) is 14.0. The summed E-state index contributed by atoms with van der Waals surface area (Å²) in [5.74, 6) is 0.791. The van der Waals surface area contributed by atoms with Gasteiger partial charge in [-0.1, -0.05) is 47.7 Å². The number of aromatic nitrogens is 1. The van der Waals surface area contributed by atoms with Crippen LogP contribution in [0.25, 0.3) is 16.3 Å². The van der Waals surface area contributed by atoms with Crippen molar-refractivity contribution in [1.82, 2.24) is 4.98 Å². The van der Waals surface area contributed by atoms with E-state index in [2.05, 4.69) is 10.3 Å². The van der Waals surface area contributed by atoms with Gasteiger partial charge in [0.05, 0.1) is 22.2 Å². The maximum absolute atomic E-state index is 12.3. The monoisotopic (exact) mass is 461 g/mol. The number of nitro benzene ring substituents is 1. The molecule has 0 unspecified atom stereocenters. The average Bonchev–Trinajstić information content (AvgIpc) is 3.23. The third kappa shape index (κ3) is 5.52. The molecule has 0 saturated carbocycles. The molecule has 3 aromatic carbocycles. The fraction of sp³-hybridized carbons (Fsp3) is 0.0833. The molecule has 0 atom stereocenters. The van der Waals surface area contributed by atoms with Crippen LogP contribution in [0.1, 0.15) is 11.1 Å². The number of fused-ring (bicyclic) bond motifs is 1. The zero-order valence-corrected chi connectivity index (χ0v) is 18.4. The van der Waals surface area contributed by atoms with E-state index in [0.29, 0.717) is 33.5 Å². The molecule has 1 amide bonds. The van der Waals surface area contributed by atoms with Gasteiger partial charge < -0.3 is 9.47 Å². The first-order valence-electron chi connectivity index (χ1n) is 9.90. The van der Waals surface area contributed by atoms with Crippen LogP contribution in [0, 0.1) is 10.1 Å². The maximum Gasteiger partial charge on any atom is 0.270 e. The lowest BCUT2D eigenvalue weighted by molar-refractivity contribution is -0.384. The van der Waals surface area contributed by atoms with Crippen molar-refractivity contribution in [3.63, 3.8) is 0 Å². The molecule has 8 nitrogen and oxygen atoms in total. The van der Waals surface area contributed by atoms with Crippen LogP contribution in [-0.2, 0) is 11.4 Å². The Balaban J connectivity index is 1.41. The van der Waals surface area contributed by atoms with E-state index in [1.54, 1.807) is 31.4 Å². The number of nitrogens with zero attached hydrogens (tertiary/aromatic N) is 2. The second-order valence-electron chi connectivity index (χ2n) is 6.94. The molecule has 0 saturated heterocycles. The molecule has 1 heterocycles. The van der Waals surface area contributed by atoms with Crippen molar-refractivity contribution in [2.45, 2.75) is 6.61 Å². The molecule has 1 N–H and O–H groups in total. The van der Waals surface area contributed by atoms with E-state index < -0.39 is 4.92 Å². The van der Waals surface area contributed by atoms with E-state index in [0.717, 1.165) is 11.1 Å². The van der Waals surface area contributed by atoms with E-state index in [1.165, 1.54) is 29.5 Å². The number of methoxy groups -OCH3 is 1. The Morgan fingerprint density at radius 1 is 1.12 bits per heavy atom. The first kappa shape index (κ1) is 22.0. The van der Waals surface area contributed by atoms with Gasteiger partial charge in [0.25, 0.3) is 5.69 Å². The normalized spacial score (nSPS) is 10.9. The molecule has 9 heteroatoms. The average molecular weight is 461 g/mol. The summed E-state index contributed by atoms with van der Waals surface area (Å²) < 4.78 is 11.9. The number of carbonyl (C=O) groups excluding carboxylic acids is 1. The second-order valence-corrected chi connectivity index (χ2v) is 7.97. The molecule has 166 valence electrons. The van der Waals surface area contributed by atoms with E-state index in [1.807, 2.05) is 36.4 Å². The van der Waals surface area contributed by atoms with Gasteiger partial charge in [-0.25, -0.2) is 4.98 Å². The Labute approximate surface area is 193 Å². The lowest BCUT2D eigenvalue weighted by Crippen LogP contribution is -2.07. The Hall–Kier alpha value is -4.24. The van der Waals surface area contributed by atoms with Crippen LogP contribution < -0.4 is 14.8 Å². The van der Waals surface area contributed by atoms with Gasteiger partial charge in [0.1, 0.15) is 6.61 Å². The lowest BCUT2D eigenvalue weighted by atomic mass is 10.2. The van der Waals surface area contributed by atoms with Gasteiger partial charge in [0.15, 0.2) is 16.6 Å². The number of nitro groups is 1. The topological polar surface area (TPSA) is 104 Å². The van der Waals surface area contributed by atoms with E-state index in [-0.39, 0.29) is 11.6 Å². The van der Waals surface area contributed by atoms with Crippen LogP contribution in [0.5, 0.6) is 11.5 Å². The lowest BCUT2D eigenvalue weighted by Gasteiger charge is -2.11. The van der Waals surface area contributed by atoms with Crippen LogP contribution >= 0.6 is 11.3 Å².